The number of unbranched alkanes of at least 4 members (excludes halogenated alkanes) is 1. The summed E-state index contributed by atoms with van der Waals surface area (Å²) in [6, 6.07) is 0.162. The van der Waals surface area contributed by atoms with Crippen LogP contribution < -0.4 is 11.1 Å². The van der Waals surface area contributed by atoms with Crippen LogP contribution in [0.5, 0.6) is 0 Å². The van der Waals surface area contributed by atoms with Crippen molar-refractivity contribution in [3.05, 3.63) is 5.89 Å². The second-order valence-corrected chi connectivity index (χ2v) is 3.63. The molecule has 1 atom stereocenters. The average Bonchev–Trinajstić information content (AvgIpc) is 2.72. The van der Waals surface area contributed by atoms with Gasteiger partial charge in [0.15, 0.2) is 0 Å². The molecular formula is C10H20N4O2. The Labute approximate surface area is 95.6 Å². The molecule has 0 aliphatic heterocycles. The van der Waals surface area contributed by atoms with Gasteiger partial charge in [-0.2, -0.15) is 0 Å². The predicted octanol–water partition coefficient (Wildman–Crippen LogP) is 1.32. The third-order valence-corrected chi connectivity index (χ3v) is 2.00. The van der Waals surface area contributed by atoms with E-state index in [1.165, 1.54) is 0 Å². The van der Waals surface area contributed by atoms with Gasteiger partial charge in [0.25, 0.3) is 0 Å². The molecule has 0 aliphatic rings. The molecule has 1 aromatic rings. The van der Waals surface area contributed by atoms with Gasteiger partial charge in [-0.15, -0.1) is 5.10 Å². The van der Waals surface area contributed by atoms with E-state index in [0.29, 0.717) is 25.1 Å². The number of nitrogens with zero attached hydrogens (tertiary/aromatic N) is 2. The second-order valence-electron chi connectivity index (χ2n) is 3.63. The lowest BCUT2D eigenvalue weighted by molar-refractivity contribution is 0.140. The van der Waals surface area contributed by atoms with Crippen LogP contribution >= 0.6 is 0 Å². The van der Waals surface area contributed by atoms with Crippen LogP contribution in [0, 0.1) is 0 Å². The van der Waals surface area contributed by atoms with Crippen molar-refractivity contribution in [2.45, 2.75) is 32.7 Å². The molecule has 0 aliphatic carbocycles. The topological polar surface area (TPSA) is 86.2 Å². The number of hydrogen-bond acceptors (Lipinski definition) is 6. The van der Waals surface area contributed by atoms with Crippen molar-refractivity contribution in [3.63, 3.8) is 0 Å². The lowest BCUT2D eigenvalue weighted by Crippen LogP contribution is -2.10. The quantitative estimate of drug-likeness (QED) is 0.652. The van der Waals surface area contributed by atoms with Gasteiger partial charge >= 0.3 is 6.01 Å². The molecule has 1 unspecified atom stereocenters. The number of nitrogens with two attached hydrogens (primary N) is 1. The molecule has 0 saturated heterocycles. The molecule has 3 N–H and O–H groups in total. The first-order valence-corrected chi connectivity index (χ1v) is 5.64. The van der Waals surface area contributed by atoms with E-state index < -0.39 is 0 Å². The van der Waals surface area contributed by atoms with E-state index in [0.717, 1.165) is 19.4 Å². The molecule has 1 rings (SSSR count). The largest absolute Gasteiger partial charge is 0.406 e. The van der Waals surface area contributed by atoms with Crippen LogP contribution in [0.4, 0.5) is 6.01 Å². The summed E-state index contributed by atoms with van der Waals surface area (Å²) in [7, 11) is 0. The third-order valence-electron chi connectivity index (χ3n) is 2.00. The minimum Gasteiger partial charge on any atom is -0.406 e. The summed E-state index contributed by atoms with van der Waals surface area (Å²) in [6.07, 6.45) is 2.24. The molecule has 1 heterocycles. The first-order valence-electron chi connectivity index (χ1n) is 5.64. The van der Waals surface area contributed by atoms with E-state index in [1.807, 2.05) is 0 Å². The van der Waals surface area contributed by atoms with Crippen LogP contribution in [0.1, 0.15) is 38.6 Å². The fraction of sp³-hybridized carbons (Fsp3) is 0.800. The maximum absolute atomic E-state index is 5.59. The molecule has 6 heteroatoms. The Morgan fingerprint density at radius 3 is 2.88 bits per heavy atom. The van der Waals surface area contributed by atoms with Crippen molar-refractivity contribution in [2.24, 2.45) is 5.73 Å². The van der Waals surface area contributed by atoms with E-state index in [1.54, 1.807) is 6.92 Å². The van der Waals surface area contributed by atoms with Gasteiger partial charge in [0.1, 0.15) is 0 Å². The van der Waals surface area contributed by atoms with Crippen molar-refractivity contribution in [2.75, 3.05) is 25.1 Å². The highest BCUT2D eigenvalue weighted by molar-refractivity contribution is 5.16. The second kappa shape index (κ2) is 7.19. The van der Waals surface area contributed by atoms with Crippen LogP contribution in [-0.4, -0.2) is 30.0 Å². The molecule has 92 valence electrons. The lowest BCUT2D eigenvalue weighted by atomic mass is 10.4. The number of nitrogens with one attached hydrogen (secondary N) is 1. The molecule has 1 aromatic heterocycles. The molecule has 0 fully saturated rings. The zero-order chi connectivity index (χ0) is 11.8. The molecule has 0 radical (unpaired) electrons. The Morgan fingerprint density at radius 1 is 1.44 bits per heavy atom. The highest BCUT2D eigenvalue weighted by Gasteiger charge is 2.08. The van der Waals surface area contributed by atoms with E-state index in [9.17, 15) is 0 Å². The van der Waals surface area contributed by atoms with Crippen molar-refractivity contribution < 1.29 is 9.15 Å². The molecule has 0 spiro atoms. The predicted molar refractivity (Wildman–Crippen MR) is 61.1 cm³/mol. The number of rotatable bonds is 8. The van der Waals surface area contributed by atoms with Crippen molar-refractivity contribution in [1.29, 1.82) is 0 Å². The monoisotopic (exact) mass is 228 g/mol. The normalized spacial score (nSPS) is 12.7. The standard InChI is InChI=1S/C10H20N4O2/c1-3-4-6-15-7-5-12-10-14-13-9(16-10)8(2)11/h8H,3-7,11H2,1-2H3,(H,12,14). The molecule has 0 aromatic carbocycles. The van der Waals surface area contributed by atoms with Gasteiger partial charge in [-0.25, -0.2) is 0 Å². The minimum absolute atomic E-state index is 0.233. The fourth-order valence-corrected chi connectivity index (χ4v) is 1.07. The lowest BCUT2D eigenvalue weighted by Gasteiger charge is -2.03. The smallest absolute Gasteiger partial charge is 0.315 e. The highest BCUT2D eigenvalue weighted by atomic mass is 16.5. The maximum atomic E-state index is 5.59. The Morgan fingerprint density at radius 2 is 2.25 bits per heavy atom. The fourth-order valence-electron chi connectivity index (χ4n) is 1.07. The van der Waals surface area contributed by atoms with Crippen molar-refractivity contribution in [3.8, 4) is 0 Å². The van der Waals surface area contributed by atoms with E-state index in [4.69, 9.17) is 14.9 Å². The summed E-state index contributed by atoms with van der Waals surface area (Å²) in [5, 5.41) is 10.6. The van der Waals surface area contributed by atoms with Crippen molar-refractivity contribution >= 4 is 6.01 Å². The highest BCUT2D eigenvalue weighted by Crippen LogP contribution is 2.10. The van der Waals surface area contributed by atoms with Gasteiger partial charge < -0.3 is 20.2 Å². The number of ether oxygens (including phenoxy) is 1. The van der Waals surface area contributed by atoms with Gasteiger partial charge in [0.2, 0.25) is 5.89 Å². The van der Waals surface area contributed by atoms with Crippen LogP contribution in [0.2, 0.25) is 0 Å². The van der Waals surface area contributed by atoms with Gasteiger partial charge in [-0.1, -0.05) is 18.4 Å². The first kappa shape index (κ1) is 12.9. The van der Waals surface area contributed by atoms with Crippen LogP contribution in [0.3, 0.4) is 0 Å². The first-order chi connectivity index (χ1) is 7.74. The maximum Gasteiger partial charge on any atom is 0.315 e. The number of anilines is 1. The molecule has 0 saturated carbocycles. The van der Waals surface area contributed by atoms with Gasteiger partial charge in [-0.05, 0) is 13.3 Å². The summed E-state index contributed by atoms with van der Waals surface area (Å²) in [6.45, 7) is 6.02. The summed E-state index contributed by atoms with van der Waals surface area (Å²) in [5.41, 5.74) is 5.59. The molecule has 16 heavy (non-hydrogen) atoms. The Hall–Kier alpha value is -1.14. The Kier molecular flexibility index (Phi) is 5.81. The van der Waals surface area contributed by atoms with E-state index in [-0.39, 0.29) is 6.04 Å². The zero-order valence-electron chi connectivity index (χ0n) is 9.90. The van der Waals surface area contributed by atoms with Gasteiger partial charge in [0, 0.05) is 13.2 Å². The number of hydrogen-bond donors (Lipinski definition) is 2. The average molecular weight is 228 g/mol. The molecule has 6 nitrogen and oxygen atoms in total. The van der Waals surface area contributed by atoms with E-state index in [2.05, 4.69) is 22.4 Å². The summed E-state index contributed by atoms with van der Waals surface area (Å²) in [5.74, 6) is 0.439. The Bertz CT molecular complexity index is 288. The minimum atomic E-state index is -0.233. The van der Waals surface area contributed by atoms with Crippen LogP contribution in [-0.2, 0) is 4.74 Å². The van der Waals surface area contributed by atoms with E-state index >= 15 is 0 Å². The summed E-state index contributed by atoms with van der Waals surface area (Å²) in [4.78, 5) is 0. The van der Waals surface area contributed by atoms with Crippen LogP contribution in [0.15, 0.2) is 4.42 Å². The summed E-state index contributed by atoms with van der Waals surface area (Å²) < 4.78 is 10.6. The summed E-state index contributed by atoms with van der Waals surface area (Å²) >= 11 is 0. The molecular weight excluding hydrogens is 208 g/mol. The number of aromatic nitrogens is 2. The SMILES string of the molecule is CCCCOCCNc1nnc(C(C)N)o1. The third kappa shape index (κ3) is 4.59. The van der Waals surface area contributed by atoms with Crippen molar-refractivity contribution in [1.82, 2.24) is 10.2 Å². The van der Waals surface area contributed by atoms with Crippen LogP contribution in [0.25, 0.3) is 0 Å². The van der Waals surface area contributed by atoms with Gasteiger partial charge in [0.05, 0.1) is 12.6 Å². The van der Waals surface area contributed by atoms with Gasteiger partial charge in [-0.3, -0.25) is 0 Å². The molecule has 0 bridgehead atoms. The Balaban J connectivity index is 2.12. The molecule has 0 amide bonds. The zero-order valence-corrected chi connectivity index (χ0v) is 9.90.